The topological polar surface area (TPSA) is 41.6 Å². The molecular formula is C18H28N2O2S. The Morgan fingerprint density at radius 2 is 2.13 bits per heavy atom. The van der Waals surface area contributed by atoms with E-state index in [1.165, 1.54) is 25.8 Å². The van der Waals surface area contributed by atoms with Crippen molar-refractivity contribution in [3.8, 4) is 5.75 Å². The molecule has 1 aliphatic heterocycles. The van der Waals surface area contributed by atoms with Gasteiger partial charge in [0.2, 0.25) is 5.91 Å². The van der Waals surface area contributed by atoms with Crippen molar-refractivity contribution in [1.29, 1.82) is 0 Å². The molecule has 4 nitrogen and oxygen atoms in total. The fourth-order valence-electron chi connectivity index (χ4n) is 2.87. The summed E-state index contributed by atoms with van der Waals surface area (Å²) in [6.45, 7) is 5.38. The second kappa shape index (κ2) is 9.83. The average Bonchev–Trinajstić information content (AvgIpc) is 2.59. The molecule has 0 radical (unpaired) electrons. The molecule has 0 saturated carbocycles. The van der Waals surface area contributed by atoms with Crippen LogP contribution in [0.5, 0.6) is 5.75 Å². The number of ether oxygens (including phenoxy) is 1. The van der Waals surface area contributed by atoms with Crippen molar-refractivity contribution in [2.45, 2.75) is 43.5 Å². The Hall–Kier alpha value is -1.20. The average molecular weight is 337 g/mol. The molecule has 0 unspecified atom stereocenters. The molecule has 0 aromatic heterocycles. The second-order valence-electron chi connectivity index (χ2n) is 6.05. The summed E-state index contributed by atoms with van der Waals surface area (Å²) in [5.74, 6) is 1.41. The van der Waals surface area contributed by atoms with E-state index in [2.05, 4.69) is 17.1 Å². The van der Waals surface area contributed by atoms with Gasteiger partial charge in [0.15, 0.2) is 0 Å². The number of carbonyl (C=O) groups excluding carboxylic acids is 1. The Balaban J connectivity index is 1.57. The van der Waals surface area contributed by atoms with E-state index in [1.54, 1.807) is 18.9 Å². The van der Waals surface area contributed by atoms with Crippen LogP contribution in [0.3, 0.4) is 0 Å². The van der Waals surface area contributed by atoms with Gasteiger partial charge in [0.25, 0.3) is 0 Å². The first kappa shape index (κ1) is 18.1. The summed E-state index contributed by atoms with van der Waals surface area (Å²) < 4.78 is 5.13. The summed E-state index contributed by atoms with van der Waals surface area (Å²) in [5, 5.41) is 3.02. The van der Waals surface area contributed by atoms with Crippen LogP contribution in [0.1, 0.15) is 32.6 Å². The van der Waals surface area contributed by atoms with Crippen LogP contribution in [0, 0.1) is 0 Å². The van der Waals surface area contributed by atoms with E-state index in [4.69, 9.17) is 4.74 Å². The zero-order chi connectivity index (χ0) is 16.5. The van der Waals surface area contributed by atoms with Crippen LogP contribution >= 0.6 is 11.8 Å². The zero-order valence-electron chi connectivity index (χ0n) is 14.2. The van der Waals surface area contributed by atoms with Gasteiger partial charge in [-0.05, 0) is 57.0 Å². The molecule has 5 heteroatoms. The SMILES string of the molecule is COc1ccc(SCC(=O)NCCCN2CCCC[C@H]2C)cc1. The van der Waals surface area contributed by atoms with Gasteiger partial charge in [-0.1, -0.05) is 6.42 Å². The highest BCUT2D eigenvalue weighted by molar-refractivity contribution is 8.00. The second-order valence-corrected chi connectivity index (χ2v) is 7.10. The highest BCUT2D eigenvalue weighted by Crippen LogP contribution is 2.21. The highest BCUT2D eigenvalue weighted by atomic mass is 32.2. The van der Waals surface area contributed by atoms with E-state index in [0.717, 1.165) is 30.2 Å². The Morgan fingerprint density at radius 1 is 1.35 bits per heavy atom. The molecule has 1 aromatic carbocycles. The summed E-state index contributed by atoms with van der Waals surface area (Å²) in [6, 6.07) is 8.49. The highest BCUT2D eigenvalue weighted by Gasteiger charge is 2.17. The van der Waals surface area contributed by atoms with Crippen molar-refractivity contribution in [3.63, 3.8) is 0 Å². The molecule has 1 aromatic rings. The third kappa shape index (κ3) is 6.43. The number of nitrogens with zero attached hydrogens (tertiary/aromatic N) is 1. The lowest BCUT2D eigenvalue weighted by atomic mass is 10.0. The number of benzene rings is 1. The van der Waals surface area contributed by atoms with Crippen LogP contribution < -0.4 is 10.1 Å². The van der Waals surface area contributed by atoms with Crippen LogP contribution in [0.15, 0.2) is 29.2 Å². The number of hydrogen-bond donors (Lipinski definition) is 1. The van der Waals surface area contributed by atoms with Crippen molar-refractivity contribution < 1.29 is 9.53 Å². The van der Waals surface area contributed by atoms with Gasteiger partial charge >= 0.3 is 0 Å². The van der Waals surface area contributed by atoms with E-state index in [1.807, 2.05) is 24.3 Å². The smallest absolute Gasteiger partial charge is 0.230 e. The number of likely N-dealkylation sites (tertiary alicyclic amines) is 1. The van der Waals surface area contributed by atoms with Gasteiger partial charge in [-0.15, -0.1) is 11.8 Å². The van der Waals surface area contributed by atoms with E-state index >= 15 is 0 Å². The molecule has 1 aliphatic rings. The third-order valence-electron chi connectivity index (χ3n) is 4.31. The van der Waals surface area contributed by atoms with E-state index in [0.29, 0.717) is 11.8 Å². The van der Waals surface area contributed by atoms with Crippen LogP contribution in [0.4, 0.5) is 0 Å². The van der Waals surface area contributed by atoms with Crippen molar-refractivity contribution in [2.75, 3.05) is 32.5 Å². The van der Waals surface area contributed by atoms with Crippen molar-refractivity contribution in [2.24, 2.45) is 0 Å². The minimum absolute atomic E-state index is 0.109. The normalized spacial score (nSPS) is 18.6. The lowest BCUT2D eigenvalue weighted by Crippen LogP contribution is -2.39. The fraction of sp³-hybridized carbons (Fsp3) is 0.611. The predicted molar refractivity (Wildman–Crippen MR) is 96.2 cm³/mol. The summed E-state index contributed by atoms with van der Waals surface area (Å²) in [7, 11) is 1.65. The summed E-state index contributed by atoms with van der Waals surface area (Å²) in [5.41, 5.74) is 0. The molecule has 1 saturated heterocycles. The number of methoxy groups -OCH3 is 1. The molecule has 128 valence electrons. The molecule has 23 heavy (non-hydrogen) atoms. The molecule has 1 heterocycles. The van der Waals surface area contributed by atoms with Gasteiger partial charge in [0.05, 0.1) is 12.9 Å². The van der Waals surface area contributed by atoms with Gasteiger partial charge < -0.3 is 15.0 Å². The number of amides is 1. The minimum atomic E-state index is 0.109. The maximum atomic E-state index is 11.9. The number of piperidine rings is 1. The molecule has 1 amide bonds. The Morgan fingerprint density at radius 3 is 2.83 bits per heavy atom. The van der Waals surface area contributed by atoms with Crippen molar-refractivity contribution in [1.82, 2.24) is 10.2 Å². The lowest BCUT2D eigenvalue weighted by Gasteiger charge is -2.33. The van der Waals surface area contributed by atoms with Crippen molar-refractivity contribution >= 4 is 17.7 Å². The summed E-state index contributed by atoms with van der Waals surface area (Å²) in [6.07, 6.45) is 5.01. The minimum Gasteiger partial charge on any atom is -0.497 e. The standard InChI is InChI=1S/C18H28N2O2S/c1-15-6-3-4-12-20(15)13-5-11-19-18(21)14-23-17-9-7-16(22-2)8-10-17/h7-10,15H,3-6,11-14H2,1-2H3,(H,19,21)/t15-/m1/s1. The zero-order valence-corrected chi connectivity index (χ0v) is 15.0. The van der Waals surface area contributed by atoms with E-state index in [9.17, 15) is 4.79 Å². The molecule has 0 bridgehead atoms. The largest absolute Gasteiger partial charge is 0.497 e. The quantitative estimate of drug-likeness (QED) is 0.585. The maximum Gasteiger partial charge on any atom is 0.230 e. The maximum absolute atomic E-state index is 11.9. The van der Waals surface area contributed by atoms with Gasteiger partial charge in [0.1, 0.15) is 5.75 Å². The van der Waals surface area contributed by atoms with Gasteiger partial charge in [-0.25, -0.2) is 0 Å². The van der Waals surface area contributed by atoms with Crippen LogP contribution in [-0.4, -0.2) is 49.3 Å². The van der Waals surface area contributed by atoms with Gasteiger partial charge in [-0.3, -0.25) is 4.79 Å². The van der Waals surface area contributed by atoms with Crippen LogP contribution in [-0.2, 0) is 4.79 Å². The number of rotatable bonds is 8. The Labute approximate surface area is 144 Å². The number of carbonyl (C=O) groups is 1. The molecule has 0 aliphatic carbocycles. The predicted octanol–water partition coefficient (Wildman–Crippen LogP) is 3.17. The molecule has 1 fully saturated rings. The van der Waals surface area contributed by atoms with Crippen molar-refractivity contribution in [3.05, 3.63) is 24.3 Å². The molecule has 0 spiro atoms. The van der Waals surface area contributed by atoms with Gasteiger partial charge in [0, 0.05) is 24.0 Å². The molecule has 2 rings (SSSR count). The first-order valence-corrected chi connectivity index (χ1v) is 9.45. The first-order valence-electron chi connectivity index (χ1n) is 8.46. The Bertz CT molecular complexity index is 478. The van der Waals surface area contributed by atoms with E-state index in [-0.39, 0.29) is 5.91 Å². The van der Waals surface area contributed by atoms with Crippen LogP contribution in [0.2, 0.25) is 0 Å². The van der Waals surface area contributed by atoms with E-state index < -0.39 is 0 Å². The molecule has 1 atom stereocenters. The number of hydrogen-bond acceptors (Lipinski definition) is 4. The number of thioether (sulfide) groups is 1. The molecule has 1 N–H and O–H groups in total. The fourth-order valence-corrected chi connectivity index (χ4v) is 3.60. The van der Waals surface area contributed by atoms with Crippen LogP contribution in [0.25, 0.3) is 0 Å². The Kier molecular flexibility index (Phi) is 7.76. The number of nitrogens with one attached hydrogen (secondary N) is 1. The third-order valence-corrected chi connectivity index (χ3v) is 5.33. The summed E-state index contributed by atoms with van der Waals surface area (Å²) >= 11 is 1.56. The summed E-state index contributed by atoms with van der Waals surface area (Å²) in [4.78, 5) is 15.5. The molecular weight excluding hydrogens is 308 g/mol. The van der Waals surface area contributed by atoms with Gasteiger partial charge in [-0.2, -0.15) is 0 Å². The first-order chi connectivity index (χ1) is 11.2. The monoisotopic (exact) mass is 336 g/mol. The lowest BCUT2D eigenvalue weighted by molar-refractivity contribution is -0.118.